The molecule has 0 spiro atoms. The molecule has 2 amide bonds. The number of nitrogens with zero attached hydrogens (tertiary/aromatic N) is 1. The second-order valence-corrected chi connectivity index (χ2v) is 7.84. The summed E-state index contributed by atoms with van der Waals surface area (Å²) in [6.45, 7) is 1.74. The highest BCUT2D eigenvalue weighted by molar-refractivity contribution is 6.06. The molecule has 0 fully saturated rings. The summed E-state index contributed by atoms with van der Waals surface area (Å²) in [4.78, 5) is 41.2. The molecule has 1 unspecified atom stereocenters. The standard InChI is InChI=1S/C24H23N3O4/c1-14-6-11-20-18(12-14)22(17-4-2-3-5-19(17)27-20)24(30)31-13-21(28)26-16-9-7-15(8-10-16)23(25)29/h2-5,7-10,14H,6,11-13H2,1H3,(H2,25,29)(H,26,28). The van der Waals surface area contributed by atoms with Crippen molar-refractivity contribution in [1.29, 1.82) is 0 Å². The summed E-state index contributed by atoms with van der Waals surface area (Å²) in [5, 5.41) is 3.38. The van der Waals surface area contributed by atoms with Gasteiger partial charge in [0.2, 0.25) is 5.91 Å². The summed E-state index contributed by atoms with van der Waals surface area (Å²) in [7, 11) is 0. The van der Waals surface area contributed by atoms with Crippen LogP contribution in [0.15, 0.2) is 48.5 Å². The number of aryl methyl sites for hydroxylation is 1. The molecule has 7 nitrogen and oxygen atoms in total. The second-order valence-electron chi connectivity index (χ2n) is 7.84. The van der Waals surface area contributed by atoms with Gasteiger partial charge in [-0.3, -0.25) is 14.6 Å². The zero-order valence-corrected chi connectivity index (χ0v) is 17.2. The number of fused-ring (bicyclic) bond motifs is 2. The minimum atomic E-state index is -0.547. The third kappa shape index (κ3) is 4.40. The van der Waals surface area contributed by atoms with Crippen LogP contribution in [0.25, 0.3) is 10.9 Å². The molecule has 0 saturated heterocycles. The van der Waals surface area contributed by atoms with Crippen molar-refractivity contribution in [2.75, 3.05) is 11.9 Å². The lowest BCUT2D eigenvalue weighted by atomic mass is 9.84. The van der Waals surface area contributed by atoms with E-state index >= 15 is 0 Å². The van der Waals surface area contributed by atoms with Crippen molar-refractivity contribution in [1.82, 2.24) is 4.98 Å². The Balaban J connectivity index is 1.51. The second kappa shape index (κ2) is 8.55. The molecule has 4 rings (SSSR count). The lowest BCUT2D eigenvalue weighted by Gasteiger charge is -2.24. The molecule has 0 saturated carbocycles. The Bertz CT molecular complexity index is 1170. The van der Waals surface area contributed by atoms with Gasteiger partial charge in [0.1, 0.15) is 0 Å². The van der Waals surface area contributed by atoms with Gasteiger partial charge in [-0.15, -0.1) is 0 Å². The smallest absolute Gasteiger partial charge is 0.339 e. The fraction of sp³-hybridized carbons (Fsp3) is 0.250. The monoisotopic (exact) mass is 417 g/mol. The normalized spacial score (nSPS) is 15.2. The van der Waals surface area contributed by atoms with Crippen molar-refractivity contribution < 1.29 is 19.1 Å². The molecule has 0 aliphatic heterocycles. The van der Waals surface area contributed by atoms with Crippen LogP contribution in [0.2, 0.25) is 0 Å². The quantitative estimate of drug-likeness (QED) is 0.619. The van der Waals surface area contributed by atoms with Gasteiger partial charge in [0.25, 0.3) is 5.91 Å². The van der Waals surface area contributed by atoms with Gasteiger partial charge in [-0.1, -0.05) is 25.1 Å². The van der Waals surface area contributed by atoms with Crippen LogP contribution in [0.5, 0.6) is 0 Å². The number of aromatic nitrogens is 1. The third-order valence-corrected chi connectivity index (χ3v) is 5.50. The average Bonchev–Trinajstić information content (AvgIpc) is 2.76. The highest BCUT2D eigenvalue weighted by Gasteiger charge is 2.26. The highest BCUT2D eigenvalue weighted by Crippen LogP contribution is 2.32. The van der Waals surface area contributed by atoms with Gasteiger partial charge in [0, 0.05) is 22.3 Å². The van der Waals surface area contributed by atoms with Crippen molar-refractivity contribution in [2.24, 2.45) is 11.7 Å². The number of rotatable bonds is 5. The van der Waals surface area contributed by atoms with Crippen molar-refractivity contribution in [3.05, 3.63) is 70.9 Å². The van der Waals surface area contributed by atoms with Gasteiger partial charge in [-0.05, 0) is 61.1 Å². The number of carbonyl (C=O) groups is 3. The van der Waals surface area contributed by atoms with Crippen LogP contribution in [-0.2, 0) is 22.4 Å². The van der Waals surface area contributed by atoms with Crippen molar-refractivity contribution >= 4 is 34.4 Å². The SMILES string of the molecule is CC1CCc2nc3ccccc3c(C(=O)OCC(=O)Nc3ccc(C(N)=O)cc3)c2C1. The van der Waals surface area contributed by atoms with Crippen LogP contribution in [-0.4, -0.2) is 29.4 Å². The molecule has 3 aromatic rings. The highest BCUT2D eigenvalue weighted by atomic mass is 16.5. The van der Waals surface area contributed by atoms with Gasteiger partial charge < -0.3 is 15.8 Å². The number of amides is 2. The Hall–Kier alpha value is -3.74. The molecule has 1 aliphatic rings. The number of nitrogens with one attached hydrogen (secondary N) is 1. The third-order valence-electron chi connectivity index (χ3n) is 5.50. The van der Waals surface area contributed by atoms with E-state index in [1.165, 1.54) is 12.1 Å². The number of esters is 1. The van der Waals surface area contributed by atoms with E-state index in [0.717, 1.165) is 41.4 Å². The maximum Gasteiger partial charge on any atom is 0.339 e. The molecule has 1 aliphatic carbocycles. The van der Waals surface area contributed by atoms with E-state index in [1.807, 2.05) is 24.3 Å². The molecule has 1 heterocycles. The number of primary amides is 1. The summed E-state index contributed by atoms with van der Waals surface area (Å²) < 4.78 is 5.38. The van der Waals surface area contributed by atoms with Crippen LogP contribution < -0.4 is 11.1 Å². The summed E-state index contributed by atoms with van der Waals surface area (Å²) in [5.74, 6) is -1.09. The topological polar surface area (TPSA) is 111 Å². The number of anilines is 1. The number of hydrogen-bond donors (Lipinski definition) is 2. The molecule has 2 aromatic carbocycles. The molecular formula is C24H23N3O4. The Morgan fingerprint density at radius 3 is 2.61 bits per heavy atom. The number of nitrogens with two attached hydrogens (primary N) is 1. The van der Waals surface area contributed by atoms with E-state index < -0.39 is 24.4 Å². The fourth-order valence-corrected chi connectivity index (χ4v) is 3.91. The molecule has 1 atom stereocenters. The fourth-order valence-electron chi connectivity index (χ4n) is 3.91. The molecule has 3 N–H and O–H groups in total. The van der Waals surface area contributed by atoms with Gasteiger partial charge in [-0.25, -0.2) is 4.79 Å². The zero-order chi connectivity index (χ0) is 22.0. The number of pyridine rings is 1. The van der Waals surface area contributed by atoms with Gasteiger partial charge >= 0.3 is 5.97 Å². The first-order valence-electron chi connectivity index (χ1n) is 10.2. The summed E-state index contributed by atoms with van der Waals surface area (Å²) >= 11 is 0. The van der Waals surface area contributed by atoms with Gasteiger partial charge in [0.15, 0.2) is 6.61 Å². The number of ether oxygens (including phenoxy) is 1. The first-order chi connectivity index (χ1) is 14.9. The minimum absolute atomic E-state index is 0.341. The molecule has 1 aromatic heterocycles. The summed E-state index contributed by atoms with van der Waals surface area (Å²) in [6, 6.07) is 13.6. The zero-order valence-electron chi connectivity index (χ0n) is 17.2. The molecule has 31 heavy (non-hydrogen) atoms. The van der Waals surface area contributed by atoms with Crippen LogP contribution in [0, 0.1) is 5.92 Å². The maximum absolute atomic E-state index is 13.0. The van der Waals surface area contributed by atoms with Gasteiger partial charge in [-0.2, -0.15) is 0 Å². The Morgan fingerprint density at radius 1 is 1.13 bits per heavy atom. The van der Waals surface area contributed by atoms with E-state index in [2.05, 4.69) is 12.2 Å². The maximum atomic E-state index is 13.0. The van der Waals surface area contributed by atoms with Crippen molar-refractivity contribution in [3.8, 4) is 0 Å². The molecule has 158 valence electrons. The Morgan fingerprint density at radius 2 is 1.87 bits per heavy atom. The van der Waals surface area contributed by atoms with Crippen LogP contribution >= 0.6 is 0 Å². The van der Waals surface area contributed by atoms with Crippen LogP contribution in [0.4, 0.5) is 5.69 Å². The average molecular weight is 417 g/mol. The predicted molar refractivity (Wildman–Crippen MR) is 117 cm³/mol. The Kier molecular flexibility index (Phi) is 5.66. The van der Waals surface area contributed by atoms with E-state index in [-0.39, 0.29) is 0 Å². The number of hydrogen-bond acceptors (Lipinski definition) is 5. The van der Waals surface area contributed by atoms with Crippen molar-refractivity contribution in [3.63, 3.8) is 0 Å². The predicted octanol–water partition coefficient (Wildman–Crippen LogP) is 3.25. The molecule has 0 radical (unpaired) electrons. The largest absolute Gasteiger partial charge is 0.452 e. The number of benzene rings is 2. The van der Waals surface area contributed by atoms with Crippen molar-refractivity contribution in [2.45, 2.75) is 26.2 Å². The summed E-state index contributed by atoms with van der Waals surface area (Å²) in [6.07, 6.45) is 2.61. The van der Waals surface area contributed by atoms with E-state index in [0.29, 0.717) is 22.7 Å². The molecule has 0 bridgehead atoms. The van der Waals surface area contributed by atoms with Crippen LogP contribution in [0.1, 0.15) is 45.3 Å². The van der Waals surface area contributed by atoms with E-state index in [4.69, 9.17) is 15.5 Å². The van der Waals surface area contributed by atoms with Gasteiger partial charge in [0.05, 0.1) is 11.1 Å². The first-order valence-corrected chi connectivity index (χ1v) is 10.2. The first kappa shape index (κ1) is 20.5. The number of carbonyl (C=O) groups excluding carboxylic acids is 3. The molecule has 7 heteroatoms. The van der Waals surface area contributed by atoms with E-state index in [1.54, 1.807) is 12.1 Å². The van der Waals surface area contributed by atoms with Crippen LogP contribution in [0.3, 0.4) is 0 Å². The Labute approximate surface area is 179 Å². The molecular weight excluding hydrogens is 394 g/mol. The van der Waals surface area contributed by atoms with E-state index in [9.17, 15) is 14.4 Å². The minimum Gasteiger partial charge on any atom is -0.452 e. The lowest BCUT2D eigenvalue weighted by molar-refractivity contribution is -0.119. The summed E-state index contributed by atoms with van der Waals surface area (Å²) in [5.41, 5.74) is 9.14. The lowest BCUT2D eigenvalue weighted by Crippen LogP contribution is -2.23. The number of para-hydroxylation sites is 1.